The lowest BCUT2D eigenvalue weighted by Gasteiger charge is -2.06. The molecule has 1 aromatic heterocycles. The van der Waals surface area contributed by atoms with Crippen LogP contribution in [0.5, 0.6) is 0 Å². The van der Waals surface area contributed by atoms with Crippen LogP contribution in [0.15, 0.2) is 12.4 Å². The van der Waals surface area contributed by atoms with Gasteiger partial charge in [-0.1, -0.05) is 39.5 Å². The first kappa shape index (κ1) is 14.4. The normalized spacial score (nSPS) is 10.3. The lowest BCUT2D eigenvalue weighted by molar-refractivity contribution is 0.523. The van der Waals surface area contributed by atoms with Gasteiger partial charge in [0.15, 0.2) is 5.69 Å². The van der Waals surface area contributed by atoms with Crippen LogP contribution in [0.3, 0.4) is 0 Å². The van der Waals surface area contributed by atoms with Crippen molar-refractivity contribution in [1.82, 2.24) is 9.97 Å². The summed E-state index contributed by atoms with van der Waals surface area (Å²) in [4.78, 5) is 8.07. The number of unbranched alkanes of at least 4 members (excludes halogenated alkanes) is 3. The van der Waals surface area contributed by atoms with Crippen molar-refractivity contribution in [3.63, 3.8) is 0 Å². The topological polar surface area (TPSA) is 61.6 Å². The number of rotatable bonds is 8. The maximum atomic E-state index is 8.59. The zero-order valence-electron chi connectivity index (χ0n) is 11.3. The number of hydrogen-bond donors (Lipinski definition) is 1. The molecule has 4 heteroatoms. The lowest BCUT2D eigenvalue weighted by atomic mass is 10.0. The Kier molecular flexibility index (Phi) is 6.78. The van der Waals surface area contributed by atoms with Crippen LogP contribution in [0.2, 0.25) is 0 Å². The molecule has 0 saturated carbocycles. The van der Waals surface area contributed by atoms with Gasteiger partial charge in [-0.05, 0) is 12.3 Å². The number of anilines is 1. The van der Waals surface area contributed by atoms with Crippen molar-refractivity contribution in [1.29, 1.82) is 5.26 Å². The Morgan fingerprint density at radius 1 is 1.17 bits per heavy atom. The minimum absolute atomic E-state index is 0.356. The molecule has 0 amide bonds. The third kappa shape index (κ3) is 6.19. The van der Waals surface area contributed by atoms with Crippen LogP contribution >= 0.6 is 0 Å². The first-order valence-corrected chi connectivity index (χ1v) is 6.68. The quantitative estimate of drug-likeness (QED) is 0.714. The second-order valence-electron chi connectivity index (χ2n) is 4.92. The summed E-state index contributed by atoms with van der Waals surface area (Å²) < 4.78 is 0. The van der Waals surface area contributed by atoms with E-state index >= 15 is 0 Å². The van der Waals surface area contributed by atoms with E-state index in [9.17, 15) is 0 Å². The molecule has 0 aromatic carbocycles. The summed E-state index contributed by atoms with van der Waals surface area (Å²) in [5, 5.41) is 11.8. The summed E-state index contributed by atoms with van der Waals surface area (Å²) in [7, 11) is 0. The van der Waals surface area contributed by atoms with E-state index in [1.165, 1.54) is 31.9 Å². The molecular weight excluding hydrogens is 224 g/mol. The van der Waals surface area contributed by atoms with Crippen LogP contribution in [-0.4, -0.2) is 16.5 Å². The molecule has 1 rings (SSSR count). The van der Waals surface area contributed by atoms with Crippen LogP contribution < -0.4 is 5.32 Å². The fourth-order valence-electron chi connectivity index (χ4n) is 1.72. The number of nitrogens with zero attached hydrogens (tertiary/aromatic N) is 3. The molecule has 0 saturated heterocycles. The van der Waals surface area contributed by atoms with Gasteiger partial charge in [-0.2, -0.15) is 5.26 Å². The van der Waals surface area contributed by atoms with Crippen LogP contribution in [0.4, 0.5) is 5.82 Å². The van der Waals surface area contributed by atoms with Crippen molar-refractivity contribution >= 4 is 5.82 Å². The van der Waals surface area contributed by atoms with Crippen molar-refractivity contribution in [3.05, 3.63) is 18.1 Å². The van der Waals surface area contributed by atoms with E-state index in [0.29, 0.717) is 5.69 Å². The fourth-order valence-corrected chi connectivity index (χ4v) is 1.72. The van der Waals surface area contributed by atoms with Gasteiger partial charge in [0.2, 0.25) is 0 Å². The van der Waals surface area contributed by atoms with Gasteiger partial charge in [-0.3, -0.25) is 0 Å². The molecule has 0 aliphatic carbocycles. The Hall–Kier alpha value is -1.63. The Morgan fingerprint density at radius 3 is 2.56 bits per heavy atom. The highest BCUT2D eigenvalue weighted by Gasteiger charge is 1.97. The van der Waals surface area contributed by atoms with Crippen LogP contribution in [0.25, 0.3) is 0 Å². The first-order chi connectivity index (χ1) is 8.72. The molecule has 0 aliphatic rings. The summed E-state index contributed by atoms with van der Waals surface area (Å²) in [6.07, 6.45) is 9.47. The van der Waals surface area contributed by atoms with Gasteiger partial charge < -0.3 is 5.32 Å². The fraction of sp³-hybridized carbons (Fsp3) is 0.643. The minimum atomic E-state index is 0.356. The van der Waals surface area contributed by atoms with Crippen LogP contribution in [0.1, 0.15) is 51.6 Å². The highest BCUT2D eigenvalue weighted by Crippen LogP contribution is 2.09. The van der Waals surface area contributed by atoms with Gasteiger partial charge in [0.05, 0.1) is 12.4 Å². The Morgan fingerprint density at radius 2 is 1.94 bits per heavy atom. The van der Waals surface area contributed by atoms with Crippen molar-refractivity contribution in [2.45, 2.75) is 46.0 Å². The third-order valence-corrected chi connectivity index (χ3v) is 2.78. The second kappa shape index (κ2) is 8.46. The van der Waals surface area contributed by atoms with E-state index in [1.807, 2.05) is 6.07 Å². The molecule has 98 valence electrons. The zero-order chi connectivity index (χ0) is 13.2. The molecule has 4 nitrogen and oxygen atoms in total. The highest BCUT2D eigenvalue weighted by molar-refractivity contribution is 5.32. The largest absolute Gasteiger partial charge is 0.369 e. The van der Waals surface area contributed by atoms with Crippen LogP contribution in [-0.2, 0) is 0 Å². The Bertz CT molecular complexity index is 364. The lowest BCUT2D eigenvalue weighted by Crippen LogP contribution is -2.04. The van der Waals surface area contributed by atoms with Crippen molar-refractivity contribution in [3.8, 4) is 6.07 Å². The molecule has 0 bridgehead atoms. The van der Waals surface area contributed by atoms with Crippen molar-refractivity contribution < 1.29 is 0 Å². The number of aromatic nitrogens is 2. The molecule has 0 unspecified atom stereocenters. The van der Waals surface area contributed by atoms with Gasteiger partial charge in [0.1, 0.15) is 11.9 Å². The third-order valence-electron chi connectivity index (χ3n) is 2.78. The average Bonchev–Trinajstić information content (AvgIpc) is 2.38. The van der Waals surface area contributed by atoms with E-state index in [4.69, 9.17) is 5.26 Å². The molecule has 1 aromatic rings. The monoisotopic (exact) mass is 246 g/mol. The summed E-state index contributed by atoms with van der Waals surface area (Å²) in [6.45, 7) is 5.46. The molecule has 1 heterocycles. The minimum Gasteiger partial charge on any atom is -0.369 e. The molecular formula is C14H22N4. The zero-order valence-corrected chi connectivity index (χ0v) is 11.3. The summed E-state index contributed by atoms with van der Waals surface area (Å²) in [6, 6.07) is 1.95. The van der Waals surface area contributed by atoms with Gasteiger partial charge >= 0.3 is 0 Å². The van der Waals surface area contributed by atoms with Crippen molar-refractivity contribution in [2.75, 3.05) is 11.9 Å². The van der Waals surface area contributed by atoms with E-state index in [-0.39, 0.29) is 0 Å². The molecule has 0 radical (unpaired) electrons. The van der Waals surface area contributed by atoms with E-state index in [2.05, 4.69) is 29.1 Å². The Labute approximate surface area is 109 Å². The summed E-state index contributed by atoms with van der Waals surface area (Å²) in [5.74, 6) is 1.56. The molecule has 0 aliphatic heterocycles. The standard InChI is InChI=1S/C14H22N4/c1-12(2)7-5-3-4-6-8-16-14-11-17-13(9-15)10-18-14/h10-12H,3-8H2,1-2H3,(H,16,18). The van der Waals surface area contributed by atoms with E-state index < -0.39 is 0 Å². The number of nitrogens with one attached hydrogen (secondary N) is 1. The maximum Gasteiger partial charge on any atom is 0.158 e. The summed E-state index contributed by atoms with van der Waals surface area (Å²) in [5.41, 5.74) is 0.356. The van der Waals surface area contributed by atoms with Crippen LogP contribution in [0, 0.1) is 17.2 Å². The smallest absolute Gasteiger partial charge is 0.158 e. The molecule has 0 fully saturated rings. The van der Waals surface area contributed by atoms with E-state index in [1.54, 1.807) is 6.20 Å². The molecule has 1 N–H and O–H groups in total. The number of hydrogen-bond acceptors (Lipinski definition) is 4. The predicted molar refractivity (Wildman–Crippen MR) is 73.2 cm³/mol. The maximum absolute atomic E-state index is 8.59. The van der Waals surface area contributed by atoms with Gasteiger partial charge in [-0.15, -0.1) is 0 Å². The second-order valence-corrected chi connectivity index (χ2v) is 4.92. The van der Waals surface area contributed by atoms with Gasteiger partial charge in [-0.25, -0.2) is 9.97 Å². The number of nitriles is 1. The average molecular weight is 246 g/mol. The molecule has 0 atom stereocenters. The summed E-state index contributed by atoms with van der Waals surface area (Å²) >= 11 is 0. The van der Waals surface area contributed by atoms with E-state index in [0.717, 1.165) is 24.7 Å². The SMILES string of the molecule is CC(C)CCCCCCNc1cnc(C#N)cn1. The first-order valence-electron chi connectivity index (χ1n) is 6.68. The predicted octanol–water partition coefficient (Wildman–Crippen LogP) is 3.37. The van der Waals surface area contributed by atoms with Gasteiger partial charge in [0, 0.05) is 6.54 Å². The Balaban J connectivity index is 2.05. The highest BCUT2D eigenvalue weighted by atomic mass is 15.0. The molecule has 18 heavy (non-hydrogen) atoms. The van der Waals surface area contributed by atoms with Gasteiger partial charge in [0.25, 0.3) is 0 Å². The van der Waals surface area contributed by atoms with Crippen molar-refractivity contribution in [2.24, 2.45) is 5.92 Å². The molecule has 0 spiro atoms.